The maximum Gasteiger partial charge on any atom is 0.165 e. The minimum atomic E-state index is -0.363. The Hall–Kier alpha value is -1.13. The molecule has 0 saturated carbocycles. The lowest BCUT2D eigenvalue weighted by Gasteiger charge is -2.13. The van der Waals surface area contributed by atoms with Crippen LogP contribution in [0.5, 0.6) is 5.75 Å². The third kappa shape index (κ3) is 3.17. The van der Waals surface area contributed by atoms with E-state index in [2.05, 4.69) is 0 Å². The fourth-order valence-corrected chi connectivity index (χ4v) is 1.88. The average molecular weight is 239 g/mol. The van der Waals surface area contributed by atoms with Crippen molar-refractivity contribution in [2.75, 3.05) is 13.2 Å². The minimum absolute atomic E-state index is 0.0995. The summed E-state index contributed by atoms with van der Waals surface area (Å²) in [7, 11) is 0. The van der Waals surface area contributed by atoms with Gasteiger partial charge in [-0.2, -0.15) is 0 Å². The first-order chi connectivity index (χ1) is 8.16. The van der Waals surface area contributed by atoms with Gasteiger partial charge in [0.2, 0.25) is 0 Å². The van der Waals surface area contributed by atoms with Gasteiger partial charge in [0.25, 0.3) is 0 Å². The van der Waals surface area contributed by atoms with Gasteiger partial charge in [-0.25, -0.2) is 4.39 Å². The number of benzene rings is 1. The van der Waals surface area contributed by atoms with Crippen LogP contribution in [0.2, 0.25) is 0 Å². The molecule has 1 aliphatic heterocycles. The van der Waals surface area contributed by atoms with Gasteiger partial charge >= 0.3 is 0 Å². The molecule has 94 valence electrons. The summed E-state index contributed by atoms with van der Waals surface area (Å²) in [6, 6.07) is 4.67. The van der Waals surface area contributed by atoms with Crippen LogP contribution in [0, 0.1) is 5.82 Å². The summed E-state index contributed by atoms with van der Waals surface area (Å²) in [4.78, 5) is 0. The van der Waals surface area contributed by atoms with Crippen molar-refractivity contribution in [3.05, 3.63) is 29.6 Å². The first-order valence-corrected chi connectivity index (χ1v) is 5.96. The molecule has 1 aromatic rings. The Kier molecular flexibility index (Phi) is 3.97. The minimum Gasteiger partial charge on any atom is -0.488 e. The summed E-state index contributed by atoms with van der Waals surface area (Å²) in [5, 5.41) is 0. The molecular weight excluding hydrogens is 221 g/mol. The van der Waals surface area contributed by atoms with Crippen molar-refractivity contribution in [1.29, 1.82) is 0 Å². The van der Waals surface area contributed by atoms with Crippen LogP contribution in [0.3, 0.4) is 0 Å². The Morgan fingerprint density at radius 2 is 2.41 bits per heavy atom. The maximum atomic E-state index is 13.7. The monoisotopic (exact) mass is 239 g/mol. The van der Waals surface area contributed by atoms with Gasteiger partial charge in [-0.1, -0.05) is 6.07 Å². The first kappa shape index (κ1) is 12.3. The van der Waals surface area contributed by atoms with E-state index in [-0.39, 0.29) is 23.7 Å². The number of hydrogen-bond donors (Lipinski definition) is 1. The lowest BCUT2D eigenvalue weighted by atomic mass is 10.1. The molecule has 0 aliphatic carbocycles. The molecule has 4 heteroatoms. The molecule has 2 atom stereocenters. The van der Waals surface area contributed by atoms with Crippen LogP contribution < -0.4 is 10.5 Å². The Bertz CT molecular complexity index is 376. The molecule has 2 N–H and O–H groups in total. The molecule has 1 aliphatic rings. The molecule has 1 aromatic carbocycles. The van der Waals surface area contributed by atoms with Crippen molar-refractivity contribution in [3.8, 4) is 5.75 Å². The fourth-order valence-electron chi connectivity index (χ4n) is 1.88. The second kappa shape index (κ2) is 5.47. The van der Waals surface area contributed by atoms with Crippen LogP contribution >= 0.6 is 0 Å². The quantitative estimate of drug-likeness (QED) is 0.877. The highest BCUT2D eigenvalue weighted by atomic mass is 19.1. The summed E-state index contributed by atoms with van der Waals surface area (Å²) in [6.07, 6.45) is 2.14. The van der Waals surface area contributed by atoms with Gasteiger partial charge in [-0.15, -0.1) is 0 Å². The van der Waals surface area contributed by atoms with Crippen LogP contribution in [0.4, 0.5) is 4.39 Å². The van der Waals surface area contributed by atoms with Crippen LogP contribution in [0.25, 0.3) is 0 Å². The highest BCUT2D eigenvalue weighted by Gasteiger charge is 2.17. The van der Waals surface area contributed by atoms with Gasteiger partial charge in [0, 0.05) is 12.6 Å². The Balaban J connectivity index is 1.96. The van der Waals surface area contributed by atoms with Gasteiger partial charge in [0.1, 0.15) is 6.61 Å². The summed E-state index contributed by atoms with van der Waals surface area (Å²) in [5.74, 6) is -0.0947. The van der Waals surface area contributed by atoms with E-state index >= 15 is 0 Å². The Labute approximate surface area is 101 Å². The molecule has 1 unspecified atom stereocenters. The molecule has 1 saturated heterocycles. The number of halogens is 1. The lowest BCUT2D eigenvalue weighted by molar-refractivity contribution is 0.0665. The first-order valence-electron chi connectivity index (χ1n) is 5.96. The lowest BCUT2D eigenvalue weighted by Crippen LogP contribution is -2.16. The normalized spacial score (nSPS) is 21.5. The number of hydrogen-bond acceptors (Lipinski definition) is 3. The van der Waals surface area contributed by atoms with E-state index in [0.717, 1.165) is 25.0 Å². The van der Waals surface area contributed by atoms with Gasteiger partial charge in [0.15, 0.2) is 11.6 Å². The highest BCUT2D eigenvalue weighted by molar-refractivity contribution is 5.30. The van der Waals surface area contributed by atoms with E-state index in [1.807, 2.05) is 6.92 Å². The second-order valence-electron chi connectivity index (χ2n) is 4.42. The van der Waals surface area contributed by atoms with E-state index < -0.39 is 0 Å². The van der Waals surface area contributed by atoms with Crippen molar-refractivity contribution >= 4 is 0 Å². The zero-order chi connectivity index (χ0) is 12.3. The van der Waals surface area contributed by atoms with Crippen LogP contribution in [-0.2, 0) is 4.74 Å². The average Bonchev–Trinajstić information content (AvgIpc) is 2.80. The van der Waals surface area contributed by atoms with Crippen LogP contribution in [0.1, 0.15) is 31.4 Å². The van der Waals surface area contributed by atoms with Crippen LogP contribution in [-0.4, -0.2) is 19.3 Å². The van der Waals surface area contributed by atoms with E-state index in [1.54, 1.807) is 12.1 Å². The third-order valence-corrected chi connectivity index (χ3v) is 2.93. The Morgan fingerprint density at radius 1 is 1.59 bits per heavy atom. The van der Waals surface area contributed by atoms with E-state index in [9.17, 15) is 4.39 Å². The second-order valence-corrected chi connectivity index (χ2v) is 4.42. The molecule has 0 amide bonds. The zero-order valence-corrected chi connectivity index (χ0v) is 9.99. The highest BCUT2D eigenvalue weighted by Crippen LogP contribution is 2.22. The molecule has 0 bridgehead atoms. The molecule has 1 fully saturated rings. The molecule has 0 spiro atoms. The van der Waals surface area contributed by atoms with Gasteiger partial charge in [-0.05, 0) is 37.5 Å². The van der Waals surface area contributed by atoms with Crippen LogP contribution in [0.15, 0.2) is 18.2 Å². The third-order valence-electron chi connectivity index (χ3n) is 2.93. The van der Waals surface area contributed by atoms with Crippen molar-refractivity contribution in [1.82, 2.24) is 0 Å². The number of nitrogens with two attached hydrogens (primary N) is 1. The molecule has 0 radical (unpaired) electrons. The molecule has 3 nitrogen and oxygen atoms in total. The predicted octanol–water partition coefficient (Wildman–Crippen LogP) is 2.40. The molecular formula is C13H18FNO2. The summed E-state index contributed by atoms with van der Waals surface area (Å²) in [6.45, 7) is 3.01. The van der Waals surface area contributed by atoms with E-state index in [1.165, 1.54) is 6.07 Å². The van der Waals surface area contributed by atoms with Gasteiger partial charge < -0.3 is 15.2 Å². The maximum absolute atomic E-state index is 13.7. The molecule has 0 aromatic heterocycles. The standard InChI is InChI=1S/C13H18FNO2/c1-9(15)10-4-5-13(12(14)7-10)17-8-11-3-2-6-16-11/h4-5,7,9,11H,2-3,6,8,15H2,1H3/t9-,11?/m1/s1. The zero-order valence-electron chi connectivity index (χ0n) is 9.99. The molecule has 2 rings (SSSR count). The van der Waals surface area contributed by atoms with E-state index in [0.29, 0.717) is 6.61 Å². The van der Waals surface area contributed by atoms with E-state index in [4.69, 9.17) is 15.2 Å². The summed E-state index contributed by atoms with van der Waals surface area (Å²) in [5.41, 5.74) is 6.45. The predicted molar refractivity (Wildman–Crippen MR) is 63.5 cm³/mol. The SMILES string of the molecule is C[C@@H](N)c1ccc(OCC2CCCO2)c(F)c1. The van der Waals surface area contributed by atoms with Crippen molar-refractivity contribution in [2.24, 2.45) is 5.73 Å². The number of ether oxygens (including phenoxy) is 2. The van der Waals surface area contributed by atoms with Crippen molar-refractivity contribution in [2.45, 2.75) is 31.9 Å². The Morgan fingerprint density at radius 3 is 3.00 bits per heavy atom. The van der Waals surface area contributed by atoms with Gasteiger partial charge in [-0.3, -0.25) is 0 Å². The van der Waals surface area contributed by atoms with Crippen molar-refractivity contribution in [3.63, 3.8) is 0 Å². The van der Waals surface area contributed by atoms with Crippen molar-refractivity contribution < 1.29 is 13.9 Å². The summed E-state index contributed by atoms with van der Waals surface area (Å²) >= 11 is 0. The topological polar surface area (TPSA) is 44.5 Å². The fraction of sp³-hybridized carbons (Fsp3) is 0.538. The number of rotatable bonds is 4. The smallest absolute Gasteiger partial charge is 0.165 e. The summed E-state index contributed by atoms with van der Waals surface area (Å²) < 4.78 is 24.5. The largest absolute Gasteiger partial charge is 0.488 e. The molecule has 1 heterocycles. The molecule has 17 heavy (non-hydrogen) atoms. The van der Waals surface area contributed by atoms with Gasteiger partial charge in [0.05, 0.1) is 6.10 Å².